The fourth-order valence-corrected chi connectivity index (χ4v) is 7.25. The van der Waals surface area contributed by atoms with E-state index in [1.54, 1.807) is 21.6 Å². The molecule has 0 unspecified atom stereocenters. The summed E-state index contributed by atoms with van der Waals surface area (Å²) in [5.41, 5.74) is 11.6. The first-order valence-corrected chi connectivity index (χ1v) is 13.6. The molecule has 8 N–H and O–H groups in total. The molecule has 0 aliphatic carbocycles. The Morgan fingerprint density at radius 1 is 1.37 bits per heavy atom. The van der Waals surface area contributed by atoms with E-state index in [1.807, 2.05) is 13.1 Å². The van der Waals surface area contributed by atoms with E-state index < -0.39 is 0 Å². The van der Waals surface area contributed by atoms with Crippen molar-refractivity contribution in [3.8, 4) is 0 Å². The summed E-state index contributed by atoms with van der Waals surface area (Å²) in [5.74, 6) is -0.560. The standard InChI is InChI=1S/C22H34N12O3S/c1-10-16(7-34-19(10)18(21(34)37)11(2)28-17(35)8-33-9-27-30-31-33)38-12-3-14(26-4-12)20(36)32-5-13(23)15(6-32)29-22(24)25/h7,9-15,18-19,26H,3-6,8,23H2,1-2H3,(H,28,35)(H4,24,25,29)/t10-,11+,12-,13-,14-,15+,18+,19+/m0/s1. The van der Waals surface area contributed by atoms with E-state index in [2.05, 4.69) is 38.4 Å². The molecule has 16 heteroatoms. The lowest BCUT2D eigenvalue weighted by Crippen LogP contribution is -2.64. The number of carbonyl (C=O) groups is 3. The van der Waals surface area contributed by atoms with Crippen LogP contribution in [0.2, 0.25) is 0 Å². The Hall–Kier alpha value is -3.24. The molecular weight excluding hydrogens is 512 g/mol. The molecule has 206 valence electrons. The van der Waals surface area contributed by atoms with Crippen molar-refractivity contribution in [1.82, 2.24) is 46.0 Å². The summed E-state index contributed by atoms with van der Waals surface area (Å²) in [5, 5.41) is 27.4. The molecule has 1 aromatic rings. The zero-order valence-corrected chi connectivity index (χ0v) is 22.1. The first-order valence-electron chi connectivity index (χ1n) is 12.7. The SMILES string of the molecule is C[C@@H](NC(=O)Cn1cnnn1)[C@H]1C(=O)N2C=C(S[C@@H]3CN[C@H](C(=O)N4C[C@H](N)[C@H](NC(=N)N)C4)C3)[C@H](C)[C@H]12. The topological polar surface area (TPSA) is 213 Å². The number of aromatic nitrogens is 4. The van der Waals surface area contributed by atoms with Gasteiger partial charge in [0.1, 0.15) is 12.9 Å². The van der Waals surface area contributed by atoms with E-state index in [9.17, 15) is 14.4 Å². The minimum absolute atomic E-state index is 0.00285. The van der Waals surface area contributed by atoms with Crippen LogP contribution < -0.4 is 27.4 Å². The van der Waals surface area contributed by atoms with E-state index >= 15 is 0 Å². The minimum Gasteiger partial charge on any atom is -0.370 e. The summed E-state index contributed by atoms with van der Waals surface area (Å²) in [6.45, 7) is 5.48. The summed E-state index contributed by atoms with van der Waals surface area (Å²) in [6.07, 6.45) is 3.97. The van der Waals surface area contributed by atoms with Crippen molar-refractivity contribution in [1.29, 1.82) is 5.41 Å². The van der Waals surface area contributed by atoms with Crippen LogP contribution in [-0.2, 0) is 20.9 Å². The average molecular weight is 547 g/mol. The number of likely N-dealkylation sites (tertiary alicyclic amines) is 1. The van der Waals surface area contributed by atoms with Crippen molar-refractivity contribution < 1.29 is 14.4 Å². The molecule has 0 saturated carbocycles. The highest BCUT2D eigenvalue weighted by molar-refractivity contribution is 8.03. The highest BCUT2D eigenvalue weighted by Crippen LogP contribution is 2.48. The van der Waals surface area contributed by atoms with E-state index in [1.165, 1.54) is 11.0 Å². The Balaban J connectivity index is 1.12. The van der Waals surface area contributed by atoms with E-state index in [0.717, 1.165) is 4.91 Å². The van der Waals surface area contributed by atoms with Crippen LogP contribution >= 0.6 is 11.8 Å². The quantitative estimate of drug-likeness (QED) is 0.110. The third kappa shape index (κ3) is 5.07. The maximum atomic E-state index is 13.1. The van der Waals surface area contributed by atoms with E-state index in [0.29, 0.717) is 26.1 Å². The van der Waals surface area contributed by atoms with Crippen molar-refractivity contribution in [2.45, 2.75) is 62.3 Å². The number of nitrogens with zero attached hydrogens (tertiary/aromatic N) is 6. The molecule has 4 aliphatic heterocycles. The van der Waals surface area contributed by atoms with Gasteiger partial charge in [0, 0.05) is 54.0 Å². The zero-order chi connectivity index (χ0) is 27.1. The lowest BCUT2D eigenvalue weighted by Gasteiger charge is -2.46. The molecule has 5 rings (SSSR count). The van der Waals surface area contributed by atoms with Crippen LogP contribution in [0.4, 0.5) is 0 Å². The monoisotopic (exact) mass is 546 g/mol. The van der Waals surface area contributed by atoms with Crippen LogP contribution in [0.5, 0.6) is 0 Å². The second-order valence-corrected chi connectivity index (χ2v) is 11.8. The fourth-order valence-electron chi connectivity index (χ4n) is 5.87. The van der Waals surface area contributed by atoms with Gasteiger partial charge in [-0.25, -0.2) is 4.68 Å². The van der Waals surface area contributed by atoms with Gasteiger partial charge >= 0.3 is 0 Å². The summed E-state index contributed by atoms with van der Waals surface area (Å²) in [6, 6.07) is -1.13. The lowest BCUT2D eigenvalue weighted by atomic mass is 9.78. The number of hydrogen-bond donors (Lipinski definition) is 6. The number of fused-ring (bicyclic) bond motifs is 1. The van der Waals surface area contributed by atoms with Crippen LogP contribution in [0.15, 0.2) is 17.4 Å². The molecule has 38 heavy (non-hydrogen) atoms. The number of thioether (sulfide) groups is 1. The van der Waals surface area contributed by atoms with Gasteiger partial charge in [-0.05, 0) is 23.8 Å². The smallest absolute Gasteiger partial charge is 0.242 e. The molecular formula is C22H34N12O3S. The highest BCUT2D eigenvalue weighted by atomic mass is 32.2. The minimum atomic E-state index is -0.323. The van der Waals surface area contributed by atoms with Gasteiger partial charge in [-0.3, -0.25) is 19.8 Å². The first-order chi connectivity index (χ1) is 18.1. The molecule has 3 amide bonds. The third-order valence-electron chi connectivity index (χ3n) is 7.79. The molecule has 15 nitrogen and oxygen atoms in total. The van der Waals surface area contributed by atoms with Gasteiger partial charge in [-0.15, -0.1) is 16.9 Å². The average Bonchev–Trinajstić information content (AvgIpc) is 3.64. The summed E-state index contributed by atoms with van der Waals surface area (Å²) in [4.78, 5) is 43.0. The lowest BCUT2D eigenvalue weighted by molar-refractivity contribution is -0.153. The molecule has 0 bridgehead atoms. The number of guanidine groups is 1. The van der Waals surface area contributed by atoms with Gasteiger partial charge in [0.25, 0.3) is 0 Å². The van der Waals surface area contributed by atoms with Crippen molar-refractivity contribution >= 4 is 35.4 Å². The van der Waals surface area contributed by atoms with E-state index in [-0.39, 0.29) is 77.5 Å². The second-order valence-electron chi connectivity index (χ2n) is 10.5. The number of nitrogens with one attached hydrogen (secondary N) is 4. The Labute approximate surface area is 224 Å². The highest BCUT2D eigenvalue weighted by Gasteiger charge is 2.56. The first kappa shape index (κ1) is 26.4. The van der Waals surface area contributed by atoms with Crippen LogP contribution in [-0.4, -0.2) is 109 Å². The summed E-state index contributed by atoms with van der Waals surface area (Å²) < 4.78 is 1.33. The summed E-state index contributed by atoms with van der Waals surface area (Å²) >= 11 is 1.72. The second kappa shape index (κ2) is 10.5. The number of β-lactam (4-membered cyclic amide) rings is 1. The number of amides is 3. The Bertz CT molecular complexity index is 1130. The molecule has 0 aromatic carbocycles. The summed E-state index contributed by atoms with van der Waals surface area (Å²) in [7, 11) is 0. The van der Waals surface area contributed by atoms with Gasteiger partial charge in [-0.1, -0.05) is 6.92 Å². The maximum Gasteiger partial charge on any atom is 0.242 e. The fraction of sp³-hybridized carbons (Fsp3) is 0.682. The van der Waals surface area contributed by atoms with Crippen molar-refractivity contribution in [3.05, 3.63) is 17.4 Å². The van der Waals surface area contributed by atoms with Crippen molar-refractivity contribution in [2.75, 3.05) is 19.6 Å². The number of carbonyl (C=O) groups excluding carboxylic acids is 3. The molecule has 0 spiro atoms. The number of hydrogen-bond acceptors (Lipinski definition) is 10. The molecule has 8 atom stereocenters. The van der Waals surface area contributed by atoms with E-state index in [4.69, 9.17) is 16.9 Å². The Kier molecular flexibility index (Phi) is 7.28. The Morgan fingerprint density at radius 2 is 2.16 bits per heavy atom. The normalized spacial score (nSPS) is 33.0. The molecule has 3 saturated heterocycles. The molecule has 5 heterocycles. The zero-order valence-electron chi connectivity index (χ0n) is 21.3. The van der Waals surface area contributed by atoms with Crippen LogP contribution in [0.3, 0.4) is 0 Å². The number of nitrogens with two attached hydrogens (primary N) is 2. The van der Waals surface area contributed by atoms with Gasteiger partial charge < -0.3 is 37.2 Å². The van der Waals surface area contributed by atoms with Gasteiger partial charge in [0.15, 0.2) is 5.96 Å². The van der Waals surface area contributed by atoms with Crippen molar-refractivity contribution in [3.63, 3.8) is 0 Å². The number of rotatable bonds is 8. The van der Waals surface area contributed by atoms with Crippen LogP contribution in [0, 0.1) is 17.2 Å². The number of tetrazole rings is 1. The predicted octanol–water partition coefficient (Wildman–Crippen LogP) is -3.02. The molecule has 3 fully saturated rings. The maximum absolute atomic E-state index is 13.1. The van der Waals surface area contributed by atoms with Gasteiger partial charge in [-0.2, -0.15) is 0 Å². The van der Waals surface area contributed by atoms with Crippen molar-refractivity contribution in [2.24, 2.45) is 23.3 Å². The third-order valence-corrected chi connectivity index (χ3v) is 9.23. The molecule has 1 aromatic heterocycles. The Morgan fingerprint density at radius 3 is 2.87 bits per heavy atom. The largest absolute Gasteiger partial charge is 0.370 e. The molecule has 0 radical (unpaired) electrons. The van der Waals surface area contributed by atoms with Gasteiger partial charge in [0.2, 0.25) is 17.7 Å². The van der Waals surface area contributed by atoms with Crippen LogP contribution in [0.1, 0.15) is 20.3 Å². The van der Waals surface area contributed by atoms with Crippen LogP contribution in [0.25, 0.3) is 0 Å². The molecule has 4 aliphatic rings. The predicted molar refractivity (Wildman–Crippen MR) is 138 cm³/mol. The van der Waals surface area contributed by atoms with Gasteiger partial charge in [0.05, 0.1) is 24.0 Å².